The van der Waals surface area contributed by atoms with E-state index in [1.807, 2.05) is 121 Å². The number of carboxylic acids is 1. The summed E-state index contributed by atoms with van der Waals surface area (Å²) >= 11 is 1.45. The van der Waals surface area contributed by atoms with Crippen LogP contribution in [-0.2, 0) is 14.3 Å². The van der Waals surface area contributed by atoms with E-state index in [2.05, 4.69) is 17.4 Å². The van der Waals surface area contributed by atoms with Crippen LogP contribution in [0.25, 0.3) is 11.1 Å². The van der Waals surface area contributed by atoms with Gasteiger partial charge in [0.1, 0.15) is 17.9 Å². The molecule has 0 fully saturated rings. The highest BCUT2D eigenvalue weighted by atomic mass is 32.2. The molecule has 0 aliphatic heterocycles. The predicted molar refractivity (Wildman–Crippen MR) is 182 cm³/mol. The number of benzene rings is 5. The van der Waals surface area contributed by atoms with Crippen LogP contribution >= 0.6 is 11.8 Å². The first-order valence-corrected chi connectivity index (χ1v) is 16.1. The number of methoxy groups -OCH3 is 1. The first-order valence-electron chi connectivity index (χ1n) is 15.1. The standard InChI is InChI=1S/C39H35NO5S/c1-38(36(41)42,40-37(43)45-25-35-33-19-11-9-17-31(33)32-18-10-12-20-34(32)35)26-46-39(27-13-5-3-6-14-27,28-15-7-4-8-16-28)29-21-23-30(44-2)24-22-29/h3-24,35H,25-26H2,1-2H3,(H,40,43)(H,41,42)/t38-/m0/s1. The van der Waals surface area contributed by atoms with Crippen LogP contribution in [-0.4, -0.2) is 42.2 Å². The Bertz CT molecular complexity index is 1740. The molecule has 0 saturated heterocycles. The topological polar surface area (TPSA) is 84.9 Å². The molecule has 5 aromatic carbocycles. The van der Waals surface area contributed by atoms with Gasteiger partial charge >= 0.3 is 12.1 Å². The van der Waals surface area contributed by atoms with E-state index in [1.54, 1.807) is 7.11 Å². The molecule has 2 N–H and O–H groups in total. The number of carbonyl (C=O) groups is 2. The number of nitrogens with one attached hydrogen (secondary N) is 1. The van der Waals surface area contributed by atoms with Gasteiger partial charge in [-0.05, 0) is 58.0 Å². The lowest BCUT2D eigenvalue weighted by Crippen LogP contribution is -2.55. The minimum absolute atomic E-state index is 0.0440. The Kier molecular flexibility index (Phi) is 8.86. The van der Waals surface area contributed by atoms with Crippen molar-refractivity contribution in [3.05, 3.63) is 161 Å². The molecule has 46 heavy (non-hydrogen) atoms. The van der Waals surface area contributed by atoms with Gasteiger partial charge in [-0.2, -0.15) is 0 Å². The number of carboxylic acid groups (broad SMARTS) is 1. The maximum Gasteiger partial charge on any atom is 0.408 e. The van der Waals surface area contributed by atoms with Gasteiger partial charge in [0.25, 0.3) is 0 Å². The highest BCUT2D eigenvalue weighted by Crippen LogP contribution is 2.50. The predicted octanol–water partition coefficient (Wildman–Crippen LogP) is 8.10. The third-order valence-electron chi connectivity index (χ3n) is 8.63. The zero-order valence-corrected chi connectivity index (χ0v) is 26.5. The Labute approximate surface area is 273 Å². The number of fused-ring (bicyclic) bond motifs is 3. The smallest absolute Gasteiger partial charge is 0.408 e. The van der Waals surface area contributed by atoms with E-state index in [-0.39, 0.29) is 18.3 Å². The first-order chi connectivity index (χ1) is 22.4. The van der Waals surface area contributed by atoms with Crippen LogP contribution in [0.5, 0.6) is 5.75 Å². The monoisotopic (exact) mass is 629 g/mol. The molecule has 0 radical (unpaired) electrons. The summed E-state index contributed by atoms with van der Waals surface area (Å²) in [6.07, 6.45) is -0.776. The van der Waals surface area contributed by atoms with E-state index in [4.69, 9.17) is 9.47 Å². The van der Waals surface area contributed by atoms with E-state index in [1.165, 1.54) is 18.7 Å². The Morgan fingerprint density at radius 2 is 1.20 bits per heavy atom. The third kappa shape index (κ3) is 5.86. The van der Waals surface area contributed by atoms with E-state index >= 15 is 0 Å². The Morgan fingerprint density at radius 1 is 0.717 bits per heavy atom. The van der Waals surface area contributed by atoms with Gasteiger partial charge in [-0.3, -0.25) is 0 Å². The highest BCUT2D eigenvalue weighted by molar-refractivity contribution is 8.00. The fraction of sp³-hybridized carbons (Fsp3) is 0.179. The van der Waals surface area contributed by atoms with Gasteiger partial charge in [-0.1, -0.05) is 121 Å². The van der Waals surface area contributed by atoms with Gasteiger partial charge in [0.05, 0.1) is 11.9 Å². The van der Waals surface area contributed by atoms with Gasteiger partial charge in [0.2, 0.25) is 0 Å². The maximum atomic E-state index is 13.3. The molecule has 0 spiro atoms. The van der Waals surface area contributed by atoms with Crippen molar-refractivity contribution in [2.45, 2.75) is 23.1 Å². The van der Waals surface area contributed by atoms with Crippen LogP contribution in [0.2, 0.25) is 0 Å². The van der Waals surface area contributed by atoms with E-state index in [0.717, 1.165) is 44.7 Å². The fourth-order valence-electron chi connectivity index (χ4n) is 6.19. The first kappa shape index (κ1) is 31.0. The number of hydrogen-bond donors (Lipinski definition) is 2. The lowest BCUT2D eigenvalue weighted by Gasteiger charge is -2.38. The van der Waals surface area contributed by atoms with Crippen LogP contribution in [0, 0.1) is 0 Å². The van der Waals surface area contributed by atoms with Crippen molar-refractivity contribution in [2.24, 2.45) is 0 Å². The molecule has 232 valence electrons. The summed E-state index contributed by atoms with van der Waals surface area (Å²) in [6, 6.07) is 44.0. The van der Waals surface area contributed by atoms with Gasteiger partial charge < -0.3 is 19.9 Å². The zero-order valence-electron chi connectivity index (χ0n) is 25.7. The van der Waals surface area contributed by atoms with E-state index < -0.39 is 22.3 Å². The summed E-state index contributed by atoms with van der Waals surface area (Å²) < 4.78 is 10.4. The number of aliphatic carboxylic acids is 1. The number of ether oxygens (including phenoxy) is 2. The van der Waals surface area contributed by atoms with E-state index in [0.29, 0.717) is 0 Å². The third-order valence-corrected chi connectivity index (χ3v) is 10.5. The minimum Gasteiger partial charge on any atom is -0.497 e. The Balaban J connectivity index is 1.28. The molecule has 0 heterocycles. The number of amides is 1. The molecule has 1 atom stereocenters. The molecule has 6 nitrogen and oxygen atoms in total. The molecule has 0 unspecified atom stereocenters. The summed E-state index contributed by atoms with van der Waals surface area (Å²) in [7, 11) is 1.62. The quantitative estimate of drug-likeness (QED) is 0.144. The summed E-state index contributed by atoms with van der Waals surface area (Å²) in [4.78, 5) is 26.2. The molecular formula is C39H35NO5S. The van der Waals surface area contributed by atoms with Crippen molar-refractivity contribution < 1.29 is 24.2 Å². The average Bonchev–Trinajstić information content (AvgIpc) is 3.42. The largest absolute Gasteiger partial charge is 0.497 e. The average molecular weight is 630 g/mol. The normalized spacial score (nSPS) is 13.6. The van der Waals surface area contributed by atoms with Crippen LogP contribution in [0.4, 0.5) is 4.79 Å². The van der Waals surface area contributed by atoms with Crippen molar-refractivity contribution in [2.75, 3.05) is 19.5 Å². The van der Waals surface area contributed by atoms with Crippen LogP contribution in [0.1, 0.15) is 40.7 Å². The van der Waals surface area contributed by atoms with Gasteiger partial charge in [-0.15, -0.1) is 11.8 Å². The van der Waals surface area contributed by atoms with Crippen LogP contribution < -0.4 is 10.1 Å². The molecule has 1 aliphatic carbocycles. The fourth-order valence-corrected chi connectivity index (χ4v) is 7.79. The van der Waals surface area contributed by atoms with Gasteiger partial charge in [0, 0.05) is 11.7 Å². The molecule has 6 rings (SSSR count). The van der Waals surface area contributed by atoms with Gasteiger partial charge in [-0.25, -0.2) is 9.59 Å². The second-order valence-corrected chi connectivity index (χ2v) is 12.7. The summed E-state index contributed by atoms with van der Waals surface area (Å²) in [5, 5.41) is 13.2. The highest BCUT2D eigenvalue weighted by Gasteiger charge is 2.43. The molecule has 0 aromatic heterocycles. The molecular weight excluding hydrogens is 594 g/mol. The molecule has 0 bridgehead atoms. The number of alkyl carbamates (subject to hydrolysis) is 1. The lowest BCUT2D eigenvalue weighted by molar-refractivity contribution is -0.142. The Morgan fingerprint density at radius 3 is 1.70 bits per heavy atom. The van der Waals surface area contributed by atoms with Crippen LogP contribution in [0.3, 0.4) is 0 Å². The lowest BCUT2D eigenvalue weighted by atomic mass is 9.84. The number of rotatable bonds is 11. The zero-order chi connectivity index (χ0) is 32.1. The number of thioether (sulfide) groups is 1. The number of hydrogen-bond acceptors (Lipinski definition) is 5. The van der Waals surface area contributed by atoms with Crippen LogP contribution in [0.15, 0.2) is 133 Å². The van der Waals surface area contributed by atoms with Crippen molar-refractivity contribution in [1.29, 1.82) is 0 Å². The van der Waals surface area contributed by atoms with Crippen molar-refractivity contribution >= 4 is 23.8 Å². The molecule has 1 amide bonds. The van der Waals surface area contributed by atoms with E-state index in [9.17, 15) is 14.7 Å². The van der Waals surface area contributed by atoms with Gasteiger partial charge in [0.15, 0.2) is 0 Å². The second kappa shape index (κ2) is 13.2. The molecule has 5 aromatic rings. The van der Waals surface area contributed by atoms with Crippen molar-refractivity contribution in [3.8, 4) is 16.9 Å². The minimum atomic E-state index is -1.64. The SMILES string of the molecule is COc1ccc(C(SC[C@](C)(NC(=O)OCC2c3ccccc3-c3ccccc32)C(=O)O)(c2ccccc2)c2ccccc2)cc1. The summed E-state index contributed by atoms with van der Waals surface area (Å²) in [6.45, 7) is 1.62. The number of carbonyl (C=O) groups excluding carboxylic acids is 1. The summed E-state index contributed by atoms with van der Waals surface area (Å²) in [5.74, 6) is -0.528. The maximum absolute atomic E-state index is 13.3. The second-order valence-electron chi connectivity index (χ2n) is 11.5. The molecule has 0 saturated carbocycles. The molecule has 7 heteroatoms. The molecule has 1 aliphatic rings. The Hall–Kier alpha value is -5.01. The van der Waals surface area contributed by atoms with Crippen molar-refractivity contribution in [3.63, 3.8) is 0 Å². The summed E-state index contributed by atoms with van der Waals surface area (Å²) in [5.41, 5.74) is 5.67. The van der Waals surface area contributed by atoms with Crippen molar-refractivity contribution in [1.82, 2.24) is 5.32 Å².